The van der Waals surface area contributed by atoms with Crippen LogP contribution in [0.2, 0.25) is 0 Å². The van der Waals surface area contributed by atoms with Crippen molar-refractivity contribution in [2.75, 3.05) is 13.2 Å². The number of carbonyl (C=O) groups is 2. The van der Waals surface area contributed by atoms with Gasteiger partial charge in [0, 0.05) is 19.1 Å². The van der Waals surface area contributed by atoms with Gasteiger partial charge in [0.05, 0.1) is 6.10 Å². The van der Waals surface area contributed by atoms with Gasteiger partial charge in [0.25, 0.3) is 0 Å². The van der Waals surface area contributed by atoms with Crippen LogP contribution in [0.1, 0.15) is 40.0 Å². The van der Waals surface area contributed by atoms with Gasteiger partial charge in [-0.15, -0.1) is 0 Å². The number of carbonyl (C=O) groups excluding carboxylic acids is 1. The van der Waals surface area contributed by atoms with E-state index in [1.54, 1.807) is 0 Å². The number of urea groups is 1. The first kappa shape index (κ1) is 15.8. The molecule has 0 saturated carbocycles. The van der Waals surface area contributed by atoms with E-state index in [0.717, 1.165) is 13.0 Å². The summed E-state index contributed by atoms with van der Waals surface area (Å²) in [4.78, 5) is 23.0. The van der Waals surface area contributed by atoms with Gasteiger partial charge in [-0.1, -0.05) is 13.3 Å². The second kappa shape index (κ2) is 6.75. The van der Waals surface area contributed by atoms with Crippen molar-refractivity contribution in [3.63, 3.8) is 0 Å². The lowest BCUT2D eigenvalue weighted by atomic mass is 9.96. The molecule has 0 aliphatic carbocycles. The molecular formula is C13H24N2O4. The van der Waals surface area contributed by atoms with Crippen LogP contribution in [0.4, 0.5) is 4.79 Å². The van der Waals surface area contributed by atoms with Crippen LogP contribution >= 0.6 is 0 Å². The molecule has 6 nitrogen and oxygen atoms in total. The van der Waals surface area contributed by atoms with Crippen molar-refractivity contribution >= 4 is 12.0 Å². The number of aliphatic carboxylic acids is 1. The van der Waals surface area contributed by atoms with E-state index in [1.807, 2.05) is 13.8 Å². The summed E-state index contributed by atoms with van der Waals surface area (Å²) in [6.45, 7) is 6.63. The number of rotatable bonds is 6. The second-order valence-corrected chi connectivity index (χ2v) is 5.35. The molecule has 0 aromatic heterocycles. The number of carboxylic acid groups (broad SMARTS) is 1. The van der Waals surface area contributed by atoms with Gasteiger partial charge < -0.3 is 20.5 Å². The topological polar surface area (TPSA) is 87.7 Å². The van der Waals surface area contributed by atoms with E-state index in [0.29, 0.717) is 25.3 Å². The van der Waals surface area contributed by atoms with Crippen molar-refractivity contribution in [2.24, 2.45) is 5.92 Å². The highest BCUT2D eigenvalue weighted by molar-refractivity contribution is 5.85. The molecule has 3 atom stereocenters. The molecule has 0 bridgehead atoms. The number of ether oxygens (including phenoxy) is 1. The summed E-state index contributed by atoms with van der Waals surface area (Å²) < 4.78 is 5.41. The average molecular weight is 272 g/mol. The van der Waals surface area contributed by atoms with Gasteiger partial charge in [0.1, 0.15) is 5.54 Å². The Hall–Kier alpha value is -1.30. The smallest absolute Gasteiger partial charge is 0.329 e. The Kier molecular flexibility index (Phi) is 5.60. The minimum Gasteiger partial charge on any atom is -0.480 e. The van der Waals surface area contributed by atoms with Gasteiger partial charge in [-0.25, -0.2) is 9.59 Å². The molecule has 6 heteroatoms. The third-order valence-electron chi connectivity index (χ3n) is 3.67. The minimum absolute atomic E-state index is 0.141. The summed E-state index contributed by atoms with van der Waals surface area (Å²) in [6, 6.07) is -0.433. The van der Waals surface area contributed by atoms with E-state index < -0.39 is 17.5 Å². The number of hydrogen-bond acceptors (Lipinski definition) is 3. The van der Waals surface area contributed by atoms with Crippen LogP contribution in [0.5, 0.6) is 0 Å². The van der Waals surface area contributed by atoms with Gasteiger partial charge in [0.2, 0.25) is 0 Å². The highest BCUT2D eigenvalue weighted by Gasteiger charge is 2.34. The molecule has 0 aromatic carbocycles. The predicted molar refractivity (Wildman–Crippen MR) is 71.0 cm³/mol. The highest BCUT2D eigenvalue weighted by atomic mass is 16.5. The van der Waals surface area contributed by atoms with E-state index in [9.17, 15) is 14.7 Å². The van der Waals surface area contributed by atoms with Gasteiger partial charge >= 0.3 is 12.0 Å². The molecular weight excluding hydrogens is 248 g/mol. The maximum Gasteiger partial charge on any atom is 0.329 e. The van der Waals surface area contributed by atoms with Crippen molar-refractivity contribution in [1.82, 2.24) is 10.6 Å². The Bertz CT molecular complexity index is 335. The largest absolute Gasteiger partial charge is 0.480 e. The first-order chi connectivity index (χ1) is 8.89. The normalized spacial score (nSPS) is 25.6. The summed E-state index contributed by atoms with van der Waals surface area (Å²) in [7, 11) is 0. The fourth-order valence-electron chi connectivity index (χ4n) is 2.29. The SMILES string of the molecule is CCCC(C)(NC(=O)NCC1CCOC1C)C(=O)O. The molecule has 1 aliphatic heterocycles. The third-order valence-corrected chi connectivity index (χ3v) is 3.67. The maximum atomic E-state index is 11.8. The summed E-state index contributed by atoms with van der Waals surface area (Å²) in [5.41, 5.74) is -1.21. The molecule has 110 valence electrons. The van der Waals surface area contributed by atoms with E-state index in [2.05, 4.69) is 10.6 Å². The molecule has 1 rings (SSSR count). The van der Waals surface area contributed by atoms with Crippen LogP contribution < -0.4 is 10.6 Å². The Morgan fingerprint density at radius 3 is 2.63 bits per heavy atom. The molecule has 0 radical (unpaired) electrons. The lowest BCUT2D eigenvalue weighted by molar-refractivity contribution is -0.144. The Labute approximate surface area is 113 Å². The van der Waals surface area contributed by atoms with Gasteiger partial charge in [-0.2, -0.15) is 0 Å². The van der Waals surface area contributed by atoms with Crippen LogP contribution in [0.25, 0.3) is 0 Å². The standard InChI is InChI=1S/C13H24N2O4/c1-4-6-13(3,11(16)17)15-12(18)14-8-10-5-7-19-9(10)2/h9-10H,4-8H2,1-3H3,(H,16,17)(H2,14,15,18). The average Bonchev–Trinajstić information content (AvgIpc) is 2.72. The molecule has 2 amide bonds. The van der Waals surface area contributed by atoms with Crippen molar-refractivity contribution in [1.29, 1.82) is 0 Å². The lowest BCUT2D eigenvalue weighted by Crippen LogP contribution is -2.55. The molecule has 3 unspecified atom stereocenters. The summed E-state index contributed by atoms with van der Waals surface area (Å²) >= 11 is 0. The fourth-order valence-corrected chi connectivity index (χ4v) is 2.29. The fraction of sp³-hybridized carbons (Fsp3) is 0.846. The number of carboxylic acids is 1. The summed E-state index contributed by atoms with van der Waals surface area (Å²) in [5.74, 6) is -0.713. The maximum absolute atomic E-state index is 11.8. The zero-order valence-corrected chi connectivity index (χ0v) is 11.9. The summed E-state index contributed by atoms with van der Waals surface area (Å²) in [5, 5.41) is 14.4. The minimum atomic E-state index is -1.21. The number of nitrogens with one attached hydrogen (secondary N) is 2. The first-order valence-electron chi connectivity index (χ1n) is 6.80. The highest BCUT2D eigenvalue weighted by Crippen LogP contribution is 2.19. The Balaban J connectivity index is 2.42. The lowest BCUT2D eigenvalue weighted by Gasteiger charge is -2.26. The van der Waals surface area contributed by atoms with Gasteiger partial charge in [-0.05, 0) is 26.7 Å². The van der Waals surface area contributed by atoms with Crippen LogP contribution in [0.15, 0.2) is 0 Å². The van der Waals surface area contributed by atoms with Gasteiger partial charge in [0.15, 0.2) is 0 Å². The van der Waals surface area contributed by atoms with Crippen molar-refractivity contribution in [2.45, 2.75) is 51.7 Å². The van der Waals surface area contributed by atoms with Crippen molar-refractivity contribution in [3.8, 4) is 0 Å². The molecule has 0 spiro atoms. The number of amides is 2. The molecule has 3 N–H and O–H groups in total. The Morgan fingerprint density at radius 1 is 1.47 bits per heavy atom. The van der Waals surface area contributed by atoms with Crippen LogP contribution in [-0.4, -0.2) is 41.9 Å². The monoisotopic (exact) mass is 272 g/mol. The predicted octanol–water partition coefficient (Wildman–Crippen LogP) is 1.35. The van der Waals surface area contributed by atoms with E-state index in [4.69, 9.17) is 4.74 Å². The van der Waals surface area contributed by atoms with Crippen LogP contribution in [0, 0.1) is 5.92 Å². The first-order valence-corrected chi connectivity index (χ1v) is 6.80. The van der Waals surface area contributed by atoms with Crippen molar-refractivity contribution < 1.29 is 19.4 Å². The molecule has 0 aromatic rings. The van der Waals surface area contributed by atoms with Crippen LogP contribution in [0.3, 0.4) is 0 Å². The number of hydrogen-bond donors (Lipinski definition) is 3. The zero-order chi connectivity index (χ0) is 14.5. The quantitative estimate of drug-likeness (QED) is 0.681. The van der Waals surface area contributed by atoms with E-state index in [-0.39, 0.29) is 6.10 Å². The molecule has 19 heavy (non-hydrogen) atoms. The third kappa shape index (κ3) is 4.38. The molecule has 1 aliphatic rings. The summed E-state index contributed by atoms with van der Waals surface area (Å²) in [6.07, 6.45) is 2.16. The molecule has 1 fully saturated rings. The van der Waals surface area contributed by atoms with Gasteiger partial charge in [-0.3, -0.25) is 0 Å². The van der Waals surface area contributed by atoms with E-state index in [1.165, 1.54) is 6.92 Å². The molecule has 1 heterocycles. The zero-order valence-electron chi connectivity index (χ0n) is 11.9. The Morgan fingerprint density at radius 2 is 2.16 bits per heavy atom. The molecule has 1 saturated heterocycles. The second-order valence-electron chi connectivity index (χ2n) is 5.35. The van der Waals surface area contributed by atoms with E-state index >= 15 is 0 Å². The van der Waals surface area contributed by atoms with Crippen molar-refractivity contribution in [3.05, 3.63) is 0 Å². The van der Waals surface area contributed by atoms with Crippen LogP contribution in [-0.2, 0) is 9.53 Å².